The molecule has 2 atom stereocenters. The molecule has 13 heavy (non-hydrogen) atoms. The van der Waals surface area contributed by atoms with Gasteiger partial charge in [-0.1, -0.05) is 30.3 Å². The summed E-state index contributed by atoms with van der Waals surface area (Å²) in [5, 5.41) is 12.3. The van der Waals surface area contributed by atoms with E-state index in [-0.39, 0.29) is 18.4 Å². The van der Waals surface area contributed by atoms with Crippen LogP contribution in [0.15, 0.2) is 30.3 Å². The molecule has 1 amide bonds. The fourth-order valence-corrected chi connectivity index (χ4v) is 1.60. The number of amides is 1. The van der Waals surface area contributed by atoms with Crippen LogP contribution in [-0.4, -0.2) is 17.1 Å². The summed E-state index contributed by atoms with van der Waals surface area (Å²) in [6, 6.07) is 9.28. The molecule has 1 aliphatic rings. The summed E-state index contributed by atoms with van der Waals surface area (Å²) in [4.78, 5) is 11.0. The average Bonchev–Trinajstić information content (AvgIpc) is 2.47. The van der Waals surface area contributed by atoms with Crippen LogP contribution >= 0.6 is 0 Å². The minimum Gasteiger partial charge on any atom is -0.390 e. The lowest BCUT2D eigenvalue weighted by Gasteiger charge is -2.13. The smallest absolute Gasteiger partial charge is 0.223 e. The molecule has 0 aromatic heterocycles. The topological polar surface area (TPSA) is 49.3 Å². The van der Waals surface area contributed by atoms with E-state index in [2.05, 4.69) is 5.32 Å². The normalized spacial score (nSPS) is 27.3. The second-order valence-electron chi connectivity index (χ2n) is 3.23. The fourth-order valence-electron chi connectivity index (χ4n) is 1.60. The van der Waals surface area contributed by atoms with Crippen molar-refractivity contribution >= 4 is 5.91 Å². The van der Waals surface area contributed by atoms with E-state index in [1.165, 1.54) is 0 Å². The highest BCUT2D eigenvalue weighted by Crippen LogP contribution is 2.23. The second-order valence-corrected chi connectivity index (χ2v) is 3.23. The Hall–Kier alpha value is -1.35. The van der Waals surface area contributed by atoms with Crippen molar-refractivity contribution in [2.75, 3.05) is 0 Å². The predicted molar refractivity (Wildman–Crippen MR) is 47.9 cm³/mol. The van der Waals surface area contributed by atoms with Gasteiger partial charge in [0.15, 0.2) is 0 Å². The first-order valence-corrected chi connectivity index (χ1v) is 4.30. The molecule has 0 bridgehead atoms. The van der Waals surface area contributed by atoms with Crippen LogP contribution < -0.4 is 5.32 Å². The van der Waals surface area contributed by atoms with Crippen LogP contribution in [0.5, 0.6) is 0 Å². The van der Waals surface area contributed by atoms with Crippen LogP contribution in [-0.2, 0) is 4.79 Å². The van der Waals surface area contributed by atoms with Gasteiger partial charge in [0.2, 0.25) is 5.91 Å². The molecule has 68 valence electrons. The van der Waals surface area contributed by atoms with E-state index < -0.39 is 6.10 Å². The largest absolute Gasteiger partial charge is 0.390 e. The first kappa shape index (κ1) is 8.26. The van der Waals surface area contributed by atoms with Crippen LogP contribution in [0.25, 0.3) is 0 Å². The Morgan fingerprint density at radius 3 is 2.54 bits per heavy atom. The van der Waals surface area contributed by atoms with Crippen molar-refractivity contribution in [3.8, 4) is 0 Å². The monoisotopic (exact) mass is 177 g/mol. The first-order valence-electron chi connectivity index (χ1n) is 4.30. The van der Waals surface area contributed by atoms with Crippen molar-refractivity contribution in [1.29, 1.82) is 0 Å². The highest BCUT2D eigenvalue weighted by molar-refractivity contribution is 5.79. The second kappa shape index (κ2) is 3.18. The summed E-state index contributed by atoms with van der Waals surface area (Å²) in [5.41, 5.74) is 0.959. The molecule has 0 aliphatic carbocycles. The van der Waals surface area contributed by atoms with E-state index in [0.29, 0.717) is 0 Å². The summed E-state index contributed by atoms with van der Waals surface area (Å²) >= 11 is 0. The number of hydrogen-bond acceptors (Lipinski definition) is 2. The predicted octanol–water partition coefficient (Wildman–Crippen LogP) is 0.608. The number of nitrogens with one attached hydrogen (secondary N) is 1. The molecule has 1 aromatic rings. The summed E-state index contributed by atoms with van der Waals surface area (Å²) in [7, 11) is 0. The van der Waals surface area contributed by atoms with Gasteiger partial charge >= 0.3 is 0 Å². The van der Waals surface area contributed by atoms with Crippen LogP contribution in [0.1, 0.15) is 18.0 Å². The van der Waals surface area contributed by atoms with Crippen LogP contribution in [0.3, 0.4) is 0 Å². The van der Waals surface area contributed by atoms with E-state index in [9.17, 15) is 9.90 Å². The van der Waals surface area contributed by atoms with Crippen molar-refractivity contribution in [3.63, 3.8) is 0 Å². The molecule has 0 spiro atoms. The third-order valence-electron chi connectivity index (χ3n) is 2.25. The summed E-state index contributed by atoms with van der Waals surface area (Å²) in [5.74, 6) is -0.0821. The lowest BCUT2D eigenvalue weighted by molar-refractivity contribution is -0.119. The maximum Gasteiger partial charge on any atom is 0.223 e. The number of rotatable bonds is 1. The SMILES string of the molecule is O=C1C[C@@H](O)C(c2ccccc2)N1. The van der Waals surface area contributed by atoms with Gasteiger partial charge in [0.25, 0.3) is 0 Å². The molecule has 3 heteroatoms. The molecule has 2 rings (SSSR count). The molecule has 3 nitrogen and oxygen atoms in total. The molecule has 1 saturated heterocycles. The standard InChI is InChI=1S/C10H11NO2/c12-8-6-9(13)11-10(8)7-4-2-1-3-5-7/h1-5,8,10,12H,6H2,(H,11,13)/t8-,10?/m1/s1. The van der Waals surface area contributed by atoms with Crippen LogP contribution in [0.2, 0.25) is 0 Å². The zero-order chi connectivity index (χ0) is 9.26. The van der Waals surface area contributed by atoms with Crippen molar-refractivity contribution < 1.29 is 9.90 Å². The molecular weight excluding hydrogens is 166 g/mol. The highest BCUT2D eigenvalue weighted by Gasteiger charge is 2.31. The first-order chi connectivity index (χ1) is 6.27. The van der Waals surface area contributed by atoms with E-state index in [1.54, 1.807) is 0 Å². The minimum atomic E-state index is -0.588. The summed E-state index contributed by atoms with van der Waals surface area (Å²) in [6.07, 6.45) is -0.380. The zero-order valence-corrected chi connectivity index (χ0v) is 7.10. The van der Waals surface area contributed by atoms with E-state index in [1.807, 2.05) is 30.3 Å². The Morgan fingerprint density at radius 2 is 2.00 bits per heavy atom. The van der Waals surface area contributed by atoms with Gasteiger partial charge in [-0.15, -0.1) is 0 Å². The molecular formula is C10H11NO2. The molecule has 1 aliphatic heterocycles. The summed E-state index contributed by atoms with van der Waals surface area (Å²) in [6.45, 7) is 0. The number of carbonyl (C=O) groups excluding carboxylic acids is 1. The molecule has 1 fully saturated rings. The Balaban J connectivity index is 2.23. The van der Waals surface area contributed by atoms with E-state index in [0.717, 1.165) is 5.56 Å². The summed E-state index contributed by atoms with van der Waals surface area (Å²) < 4.78 is 0. The molecule has 1 unspecified atom stereocenters. The number of hydrogen-bond donors (Lipinski definition) is 2. The van der Waals surface area contributed by atoms with Gasteiger partial charge in [0.05, 0.1) is 18.6 Å². The van der Waals surface area contributed by atoms with Gasteiger partial charge in [-0.05, 0) is 5.56 Å². The van der Waals surface area contributed by atoms with Gasteiger partial charge in [-0.2, -0.15) is 0 Å². The molecule has 0 saturated carbocycles. The van der Waals surface area contributed by atoms with Gasteiger partial charge in [-0.3, -0.25) is 4.79 Å². The lowest BCUT2D eigenvalue weighted by Crippen LogP contribution is -2.22. The van der Waals surface area contributed by atoms with Crippen molar-refractivity contribution in [3.05, 3.63) is 35.9 Å². The average molecular weight is 177 g/mol. The Kier molecular flexibility index (Phi) is 2.02. The highest BCUT2D eigenvalue weighted by atomic mass is 16.3. The Bertz CT molecular complexity index is 310. The molecule has 0 radical (unpaired) electrons. The number of carbonyl (C=O) groups is 1. The number of aliphatic hydroxyl groups is 1. The third kappa shape index (κ3) is 1.55. The molecule has 1 aromatic carbocycles. The van der Waals surface area contributed by atoms with Crippen molar-refractivity contribution in [2.45, 2.75) is 18.6 Å². The lowest BCUT2D eigenvalue weighted by atomic mass is 10.0. The van der Waals surface area contributed by atoms with Crippen molar-refractivity contribution in [1.82, 2.24) is 5.32 Å². The van der Waals surface area contributed by atoms with Crippen LogP contribution in [0.4, 0.5) is 0 Å². The van der Waals surface area contributed by atoms with Gasteiger partial charge in [0, 0.05) is 0 Å². The van der Waals surface area contributed by atoms with Gasteiger partial charge in [0.1, 0.15) is 0 Å². The van der Waals surface area contributed by atoms with Crippen molar-refractivity contribution in [2.24, 2.45) is 0 Å². The van der Waals surface area contributed by atoms with Crippen LogP contribution in [0, 0.1) is 0 Å². The zero-order valence-electron chi connectivity index (χ0n) is 7.10. The minimum absolute atomic E-state index is 0.0821. The third-order valence-corrected chi connectivity index (χ3v) is 2.25. The quantitative estimate of drug-likeness (QED) is 0.660. The maximum absolute atomic E-state index is 11.0. The Labute approximate surface area is 76.4 Å². The Morgan fingerprint density at radius 1 is 1.31 bits per heavy atom. The van der Waals surface area contributed by atoms with Gasteiger partial charge < -0.3 is 10.4 Å². The maximum atomic E-state index is 11.0. The van der Waals surface area contributed by atoms with E-state index in [4.69, 9.17) is 0 Å². The fraction of sp³-hybridized carbons (Fsp3) is 0.300. The number of benzene rings is 1. The number of aliphatic hydroxyl groups excluding tert-OH is 1. The van der Waals surface area contributed by atoms with Gasteiger partial charge in [-0.25, -0.2) is 0 Å². The van der Waals surface area contributed by atoms with E-state index >= 15 is 0 Å². The molecule has 1 heterocycles. The molecule has 2 N–H and O–H groups in total.